The first kappa shape index (κ1) is 22.3. The molecule has 1 aliphatic carbocycles. The number of allylic oxidation sites excluding steroid dienone is 1. The smallest absolute Gasteiger partial charge is 0.164 e. The molecule has 1 unspecified atom stereocenters. The van der Waals surface area contributed by atoms with Gasteiger partial charge in [0.1, 0.15) is 5.82 Å². The average molecular weight is 488 g/mol. The average Bonchev–Trinajstić information content (AvgIpc) is 3.01. The summed E-state index contributed by atoms with van der Waals surface area (Å²) in [4.78, 5) is 15.3. The molecule has 1 atom stereocenters. The number of benzene rings is 5. The van der Waals surface area contributed by atoms with E-state index < -0.39 is 0 Å². The van der Waals surface area contributed by atoms with Crippen LogP contribution >= 0.6 is 0 Å². The molecule has 3 nitrogen and oxygen atoms in total. The Morgan fingerprint density at radius 3 is 2.08 bits per heavy atom. The van der Waals surface area contributed by atoms with Crippen LogP contribution in [0.1, 0.15) is 29.3 Å². The highest BCUT2D eigenvalue weighted by Crippen LogP contribution is 2.37. The SMILES string of the molecule is C1=Cc2ccccc2C(c2nc(-c3ccccc3)nc(-c3cc(-c4ccccc4)cc4ccccc34)n2)C1. The van der Waals surface area contributed by atoms with Gasteiger partial charge in [0.25, 0.3) is 0 Å². The van der Waals surface area contributed by atoms with Crippen LogP contribution in [0.2, 0.25) is 0 Å². The van der Waals surface area contributed by atoms with E-state index in [-0.39, 0.29) is 5.92 Å². The van der Waals surface area contributed by atoms with E-state index in [1.54, 1.807) is 0 Å². The lowest BCUT2D eigenvalue weighted by molar-refractivity contribution is 0.740. The summed E-state index contributed by atoms with van der Waals surface area (Å²) in [6.45, 7) is 0. The fraction of sp³-hybridized carbons (Fsp3) is 0.0571. The molecule has 0 spiro atoms. The molecule has 3 heteroatoms. The van der Waals surface area contributed by atoms with Crippen molar-refractivity contribution in [3.8, 4) is 33.9 Å². The Balaban J connectivity index is 1.48. The second-order valence-corrected chi connectivity index (χ2v) is 9.64. The second-order valence-electron chi connectivity index (χ2n) is 9.64. The van der Waals surface area contributed by atoms with Crippen molar-refractivity contribution in [3.63, 3.8) is 0 Å². The first-order chi connectivity index (χ1) is 18.8. The molecule has 180 valence electrons. The van der Waals surface area contributed by atoms with Crippen molar-refractivity contribution < 1.29 is 0 Å². The predicted molar refractivity (Wildman–Crippen MR) is 156 cm³/mol. The third-order valence-electron chi connectivity index (χ3n) is 7.25. The molecule has 0 saturated carbocycles. The molecule has 1 aromatic heterocycles. The molecule has 1 heterocycles. The van der Waals surface area contributed by atoms with Crippen molar-refractivity contribution in [2.24, 2.45) is 0 Å². The van der Waals surface area contributed by atoms with Crippen molar-refractivity contribution in [3.05, 3.63) is 144 Å². The number of hydrogen-bond donors (Lipinski definition) is 0. The number of nitrogens with zero attached hydrogens (tertiary/aromatic N) is 3. The topological polar surface area (TPSA) is 38.7 Å². The van der Waals surface area contributed by atoms with E-state index in [1.807, 2.05) is 24.3 Å². The molecular weight excluding hydrogens is 462 g/mol. The van der Waals surface area contributed by atoms with Crippen molar-refractivity contribution in [2.75, 3.05) is 0 Å². The summed E-state index contributed by atoms with van der Waals surface area (Å²) in [6.07, 6.45) is 5.28. The van der Waals surface area contributed by atoms with Gasteiger partial charge in [0.2, 0.25) is 0 Å². The number of fused-ring (bicyclic) bond motifs is 2. The van der Waals surface area contributed by atoms with E-state index in [0.29, 0.717) is 11.6 Å². The molecule has 0 fully saturated rings. The molecule has 7 rings (SSSR count). The summed E-state index contributed by atoms with van der Waals surface area (Å²) in [5.74, 6) is 2.28. The Bertz CT molecular complexity index is 1790. The quantitative estimate of drug-likeness (QED) is 0.250. The van der Waals surface area contributed by atoms with Gasteiger partial charge in [-0.1, -0.05) is 121 Å². The molecule has 0 saturated heterocycles. The number of hydrogen-bond acceptors (Lipinski definition) is 3. The van der Waals surface area contributed by atoms with Crippen molar-refractivity contribution in [2.45, 2.75) is 12.3 Å². The predicted octanol–water partition coefficient (Wildman–Crippen LogP) is 8.57. The van der Waals surface area contributed by atoms with Crippen molar-refractivity contribution in [1.29, 1.82) is 0 Å². The third kappa shape index (κ3) is 4.08. The van der Waals surface area contributed by atoms with Crippen LogP contribution in [0.5, 0.6) is 0 Å². The van der Waals surface area contributed by atoms with Crippen LogP contribution in [0.25, 0.3) is 50.8 Å². The van der Waals surface area contributed by atoms with Crippen LogP contribution in [-0.2, 0) is 0 Å². The van der Waals surface area contributed by atoms with E-state index in [9.17, 15) is 0 Å². The highest BCUT2D eigenvalue weighted by Gasteiger charge is 2.24. The van der Waals surface area contributed by atoms with Crippen LogP contribution in [-0.4, -0.2) is 15.0 Å². The van der Waals surface area contributed by atoms with E-state index in [1.165, 1.54) is 16.7 Å². The summed E-state index contributed by atoms with van der Waals surface area (Å²) in [6, 6.07) is 42.2. The zero-order valence-electron chi connectivity index (χ0n) is 20.8. The fourth-order valence-electron chi connectivity index (χ4n) is 5.36. The lowest BCUT2D eigenvalue weighted by Gasteiger charge is -2.21. The van der Waals surface area contributed by atoms with Gasteiger partial charge < -0.3 is 0 Å². The van der Waals surface area contributed by atoms with Crippen LogP contribution in [0.4, 0.5) is 0 Å². The van der Waals surface area contributed by atoms with Gasteiger partial charge in [0.05, 0.1) is 0 Å². The Morgan fingerprint density at radius 1 is 0.553 bits per heavy atom. The maximum Gasteiger partial charge on any atom is 0.164 e. The van der Waals surface area contributed by atoms with Crippen LogP contribution in [0.3, 0.4) is 0 Å². The lowest BCUT2D eigenvalue weighted by atomic mass is 9.86. The van der Waals surface area contributed by atoms with Crippen molar-refractivity contribution >= 4 is 16.8 Å². The zero-order valence-corrected chi connectivity index (χ0v) is 20.8. The third-order valence-corrected chi connectivity index (χ3v) is 7.25. The standard InChI is InChI=1S/C35H25N3/c1-3-12-24(13-4-1)28-22-27-17-8-10-20-30(27)32(23-28)35-37-33(26-15-5-2-6-16-26)36-34(38-35)31-21-11-18-25-14-7-9-19-29(25)31/h1-20,22-23,31H,21H2. The molecule has 0 N–H and O–H groups in total. The first-order valence-corrected chi connectivity index (χ1v) is 13.0. The number of rotatable bonds is 4. The van der Waals surface area contributed by atoms with Gasteiger partial charge in [0.15, 0.2) is 11.6 Å². The van der Waals surface area contributed by atoms with Crippen LogP contribution in [0.15, 0.2) is 127 Å². The van der Waals surface area contributed by atoms with Gasteiger partial charge in [-0.05, 0) is 51.6 Å². The van der Waals surface area contributed by atoms with E-state index >= 15 is 0 Å². The highest BCUT2D eigenvalue weighted by molar-refractivity contribution is 5.98. The van der Waals surface area contributed by atoms with Gasteiger partial charge >= 0.3 is 0 Å². The molecule has 0 aliphatic heterocycles. The largest absolute Gasteiger partial charge is 0.212 e. The highest BCUT2D eigenvalue weighted by atomic mass is 15.0. The summed E-state index contributed by atoms with van der Waals surface area (Å²) < 4.78 is 0. The molecule has 0 bridgehead atoms. The molecule has 0 radical (unpaired) electrons. The van der Waals surface area contributed by atoms with Crippen LogP contribution < -0.4 is 0 Å². The molecule has 6 aromatic rings. The molecule has 1 aliphatic rings. The van der Waals surface area contributed by atoms with E-state index in [0.717, 1.165) is 39.7 Å². The minimum absolute atomic E-state index is 0.0731. The molecule has 0 amide bonds. The first-order valence-electron chi connectivity index (χ1n) is 13.0. The summed E-state index contributed by atoms with van der Waals surface area (Å²) in [5.41, 5.74) is 6.80. The van der Waals surface area contributed by atoms with Gasteiger partial charge in [-0.25, -0.2) is 15.0 Å². The molecule has 5 aromatic carbocycles. The summed E-state index contributed by atoms with van der Waals surface area (Å²) in [5, 5.41) is 2.30. The Labute approximate surface area is 222 Å². The number of aromatic nitrogens is 3. The van der Waals surface area contributed by atoms with E-state index in [2.05, 4.69) is 109 Å². The Kier molecular flexibility index (Phi) is 5.60. The Hall–Kier alpha value is -4.89. The molecule has 38 heavy (non-hydrogen) atoms. The second kappa shape index (κ2) is 9.53. The molecular formula is C35H25N3. The monoisotopic (exact) mass is 487 g/mol. The zero-order chi connectivity index (χ0) is 25.3. The minimum Gasteiger partial charge on any atom is -0.212 e. The normalized spacial score (nSPS) is 14.4. The van der Waals surface area contributed by atoms with Gasteiger partial charge in [-0.2, -0.15) is 0 Å². The summed E-state index contributed by atoms with van der Waals surface area (Å²) >= 11 is 0. The summed E-state index contributed by atoms with van der Waals surface area (Å²) in [7, 11) is 0. The maximum absolute atomic E-state index is 5.18. The van der Waals surface area contributed by atoms with Crippen molar-refractivity contribution in [1.82, 2.24) is 15.0 Å². The van der Waals surface area contributed by atoms with Gasteiger partial charge in [-0.3, -0.25) is 0 Å². The van der Waals surface area contributed by atoms with Gasteiger partial charge in [0, 0.05) is 17.0 Å². The lowest BCUT2D eigenvalue weighted by Crippen LogP contribution is -2.12. The fourth-order valence-corrected chi connectivity index (χ4v) is 5.36. The Morgan fingerprint density at radius 2 is 1.24 bits per heavy atom. The van der Waals surface area contributed by atoms with Gasteiger partial charge in [-0.15, -0.1) is 0 Å². The van der Waals surface area contributed by atoms with E-state index in [4.69, 9.17) is 15.0 Å². The minimum atomic E-state index is 0.0731. The van der Waals surface area contributed by atoms with Crippen LogP contribution in [0, 0.1) is 0 Å². The maximum atomic E-state index is 5.18.